The van der Waals surface area contributed by atoms with Crippen LogP contribution >= 0.6 is 11.6 Å². The monoisotopic (exact) mass is 624 g/mol. The van der Waals surface area contributed by atoms with Gasteiger partial charge in [0.2, 0.25) is 0 Å². The molecule has 3 heterocycles. The molecule has 0 spiro atoms. The van der Waals surface area contributed by atoms with Crippen LogP contribution in [-0.4, -0.2) is 60.6 Å². The fourth-order valence-electron chi connectivity index (χ4n) is 5.18. The molecule has 1 aliphatic heterocycles. The number of nitrogens with zero attached hydrogens (tertiary/aromatic N) is 5. The van der Waals surface area contributed by atoms with Crippen LogP contribution in [0.4, 0.5) is 19.0 Å². The fraction of sp³-hybridized carbons (Fsp3) is 0.323. The summed E-state index contributed by atoms with van der Waals surface area (Å²) in [7, 11) is 0. The lowest BCUT2D eigenvalue weighted by Gasteiger charge is -2.32. The number of ketones is 1. The Balaban J connectivity index is 1.41. The van der Waals surface area contributed by atoms with Gasteiger partial charge in [0.15, 0.2) is 11.4 Å². The molecule has 1 saturated heterocycles. The minimum Gasteiger partial charge on any atom is -0.384 e. The third kappa shape index (κ3) is 6.39. The summed E-state index contributed by atoms with van der Waals surface area (Å²) in [5.74, 6) is 5.56. The lowest BCUT2D eigenvalue weighted by Crippen LogP contribution is -2.43. The van der Waals surface area contributed by atoms with Gasteiger partial charge in [-0.15, -0.1) is 0 Å². The van der Waals surface area contributed by atoms with Crippen molar-refractivity contribution in [2.75, 3.05) is 18.8 Å². The molecule has 0 unspecified atom stereocenters. The lowest BCUT2D eigenvalue weighted by atomic mass is 9.98. The highest BCUT2D eigenvalue weighted by Crippen LogP contribution is 2.35. The number of rotatable bonds is 5. The Morgan fingerprint density at radius 3 is 2.55 bits per heavy atom. The van der Waals surface area contributed by atoms with E-state index in [9.17, 15) is 27.9 Å². The molecule has 0 bridgehead atoms. The quantitative estimate of drug-likeness (QED) is 0.242. The van der Waals surface area contributed by atoms with Gasteiger partial charge >= 0.3 is 6.18 Å². The number of nitrogens with two attached hydrogens (primary N) is 1. The largest absolute Gasteiger partial charge is 0.417 e. The van der Waals surface area contributed by atoms with Gasteiger partial charge in [-0.3, -0.25) is 9.59 Å². The van der Waals surface area contributed by atoms with E-state index in [4.69, 9.17) is 22.4 Å². The molecular weight excluding hydrogens is 597 g/mol. The van der Waals surface area contributed by atoms with Crippen molar-refractivity contribution >= 4 is 40.1 Å². The number of nitrogen functional groups attached to an aromatic ring is 1. The SMILES string of the molecule is Cc1ccc(CC(=O)c2ccc(Cl)c(C(F)(F)F)c2)cc1C#Cc1nn(C2CCN(C(=O)[C@H](C)O)CC2)c2ncnc(N)c12. The van der Waals surface area contributed by atoms with Crippen LogP contribution in [0.25, 0.3) is 11.0 Å². The standard InChI is InChI=1S/C31H28ClF3N6O3/c1-17-3-4-19(14-26(43)21-5-7-24(32)23(15-21)31(33,34)35)13-20(17)6-8-25-27-28(36)37-16-38-29(27)41(39-25)22-9-11-40(12-10-22)30(44)18(2)42/h3-5,7,13,15-16,18,22,42H,9-12,14H2,1-2H3,(H2,36,37,38)/t18-/m0/s1. The van der Waals surface area contributed by atoms with Gasteiger partial charge in [0, 0.05) is 30.6 Å². The highest BCUT2D eigenvalue weighted by atomic mass is 35.5. The Bertz CT molecular complexity index is 1820. The number of halogens is 4. The Hall–Kier alpha value is -4.47. The number of aliphatic hydroxyl groups excluding tert-OH is 1. The summed E-state index contributed by atoms with van der Waals surface area (Å²) in [5.41, 5.74) is 7.93. The van der Waals surface area contributed by atoms with Gasteiger partial charge in [-0.05, 0) is 68.0 Å². The summed E-state index contributed by atoms with van der Waals surface area (Å²) in [5, 5.41) is 14.4. The van der Waals surface area contributed by atoms with Crippen LogP contribution in [-0.2, 0) is 17.4 Å². The van der Waals surface area contributed by atoms with Crippen molar-refractivity contribution in [1.82, 2.24) is 24.6 Å². The van der Waals surface area contributed by atoms with E-state index in [0.717, 1.165) is 17.7 Å². The average molecular weight is 625 g/mol. The predicted molar refractivity (Wildman–Crippen MR) is 158 cm³/mol. The molecule has 13 heteroatoms. The molecule has 4 aromatic rings. The van der Waals surface area contributed by atoms with Gasteiger partial charge in [-0.1, -0.05) is 29.7 Å². The van der Waals surface area contributed by atoms with Gasteiger partial charge in [-0.2, -0.15) is 18.3 Å². The first-order chi connectivity index (χ1) is 20.8. The Morgan fingerprint density at radius 2 is 1.86 bits per heavy atom. The van der Waals surface area contributed by atoms with Crippen molar-refractivity contribution in [3.05, 3.63) is 81.3 Å². The van der Waals surface area contributed by atoms with Crippen LogP contribution in [0.5, 0.6) is 0 Å². The number of benzene rings is 2. The van der Waals surface area contributed by atoms with E-state index in [1.54, 1.807) is 27.8 Å². The number of hydrogen-bond acceptors (Lipinski definition) is 7. The number of piperidine rings is 1. The number of fused-ring (bicyclic) bond motifs is 1. The summed E-state index contributed by atoms with van der Waals surface area (Å²) < 4.78 is 41.6. The molecule has 3 N–H and O–H groups in total. The maximum absolute atomic E-state index is 13.3. The van der Waals surface area contributed by atoms with E-state index in [0.29, 0.717) is 53.8 Å². The third-order valence-electron chi connectivity index (χ3n) is 7.57. The molecule has 44 heavy (non-hydrogen) atoms. The number of aryl methyl sites for hydroxylation is 1. The zero-order valence-electron chi connectivity index (χ0n) is 23.8. The van der Waals surface area contributed by atoms with Crippen LogP contribution in [0.1, 0.15) is 64.1 Å². The molecule has 9 nitrogen and oxygen atoms in total. The van der Waals surface area contributed by atoms with E-state index in [1.807, 2.05) is 6.92 Å². The number of carbonyl (C=O) groups is 2. The maximum atomic E-state index is 13.3. The third-order valence-corrected chi connectivity index (χ3v) is 7.90. The molecule has 2 aromatic carbocycles. The van der Waals surface area contributed by atoms with Gasteiger partial charge in [0.1, 0.15) is 23.9 Å². The minimum absolute atomic E-state index is 0.0813. The van der Waals surface area contributed by atoms with Crippen LogP contribution in [0.3, 0.4) is 0 Å². The van der Waals surface area contributed by atoms with E-state index in [2.05, 4.69) is 21.8 Å². The first-order valence-electron chi connectivity index (χ1n) is 13.8. The Kier molecular flexibility index (Phi) is 8.63. The normalized spacial score (nSPS) is 14.8. The van der Waals surface area contributed by atoms with Gasteiger partial charge < -0.3 is 15.7 Å². The van der Waals surface area contributed by atoms with Crippen molar-refractivity contribution in [1.29, 1.82) is 0 Å². The van der Waals surface area contributed by atoms with Crippen molar-refractivity contribution in [3.63, 3.8) is 0 Å². The second kappa shape index (κ2) is 12.3. The zero-order chi connectivity index (χ0) is 31.8. The second-order valence-electron chi connectivity index (χ2n) is 10.7. The summed E-state index contributed by atoms with van der Waals surface area (Å²) in [6.07, 6.45) is -3.34. The highest BCUT2D eigenvalue weighted by molar-refractivity contribution is 6.31. The predicted octanol–water partition coefficient (Wildman–Crippen LogP) is 4.76. The molecule has 1 atom stereocenters. The topological polar surface area (TPSA) is 127 Å². The van der Waals surface area contributed by atoms with Crippen molar-refractivity contribution < 1.29 is 27.9 Å². The van der Waals surface area contributed by atoms with Crippen molar-refractivity contribution in [2.24, 2.45) is 0 Å². The first kappa shape index (κ1) is 31.0. The van der Waals surface area contributed by atoms with Crippen molar-refractivity contribution in [3.8, 4) is 11.8 Å². The average Bonchev–Trinajstić information content (AvgIpc) is 3.36. The molecule has 1 amide bonds. The maximum Gasteiger partial charge on any atom is 0.417 e. The smallest absolute Gasteiger partial charge is 0.384 e. The molecule has 2 aromatic heterocycles. The van der Waals surface area contributed by atoms with Crippen LogP contribution in [0.15, 0.2) is 42.7 Å². The molecule has 0 saturated carbocycles. The van der Waals surface area contributed by atoms with Gasteiger partial charge in [0.25, 0.3) is 5.91 Å². The number of amides is 1. The molecule has 5 rings (SSSR count). The summed E-state index contributed by atoms with van der Waals surface area (Å²) >= 11 is 5.70. The lowest BCUT2D eigenvalue weighted by molar-refractivity contribution is -0.140. The zero-order valence-corrected chi connectivity index (χ0v) is 24.6. The molecule has 1 aliphatic rings. The van der Waals surface area contributed by atoms with E-state index >= 15 is 0 Å². The summed E-state index contributed by atoms with van der Waals surface area (Å²) in [4.78, 5) is 35.2. The number of aliphatic hydroxyl groups is 1. The first-order valence-corrected chi connectivity index (χ1v) is 14.2. The van der Waals surface area contributed by atoms with Crippen LogP contribution in [0, 0.1) is 18.8 Å². The number of anilines is 1. The van der Waals surface area contributed by atoms with E-state index in [-0.39, 0.29) is 29.8 Å². The number of alkyl halides is 3. The van der Waals surface area contributed by atoms with Crippen LogP contribution < -0.4 is 5.73 Å². The number of aromatic nitrogens is 4. The fourth-order valence-corrected chi connectivity index (χ4v) is 5.40. The summed E-state index contributed by atoms with van der Waals surface area (Å²) in [6, 6.07) is 8.26. The minimum atomic E-state index is -4.68. The second-order valence-corrected chi connectivity index (χ2v) is 11.1. The summed E-state index contributed by atoms with van der Waals surface area (Å²) in [6.45, 7) is 4.20. The molecule has 1 fully saturated rings. The van der Waals surface area contributed by atoms with E-state index < -0.39 is 28.6 Å². The van der Waals surface area contributed by atoms with E-state index in [1.165, 1.54) is 19.3 Å². The van der Waals surface area contributed by atoms with Gasteiger partial charge in [-0.25, -0.2) is 14.6 Å². The highest BCUT2D eigenvalue weighted by Gasteiger charge is 2.34. The Labute approximate surface area is 255 Å². The number of carbonyl (C=O) groups excluding carboxylic acids is 2. The molecular formula is C31H28ClF3N6O3. The number of hydrogen-bond donors (Lipinski definition) is 2. The van der Waals surface area contributed by atoms with Crippen molar-refractivity contribution in [2.45, 2.75) is 51.4 Å². The number of likely N-dealkylation sites (tertiary alicyclic amines) is 1. The number of Topliss-reactive ketones (excluding diaryl/α,β-unsaturated/α-hetero) is 1. The van der Waals surface area contributed by atoms with Gasteiger partial charge in [0.05, 0.1) is 22.0 Å². The molecule has 0 radical (unpaired) electrons. The molecule has 0 aliphatic carbocycles. The molecule has 228 valence electrons. The van der Waals surface area contributed by atoms with Crippen LogP contribution in [0.2, 0.25) is 5.02 Å². The Morgan fingerprint density at radius 1 is 1.14 bits per heavy atom.